The highest BCUT2D eigenvalue weighted by Gasteiger charge is 2.27. The zero-order chi connectivity index (χ0) is 12.7. The average Bonchev–Trinajstić information content (AvgIpc) is 1.77. The molecule has 0 saturated heterocycles. The molecule has 0 unspecified atom stereocenters. The summed E-state index contributed by atoms with van der Waals surface area (Å²) in [6.45, 7) is 0. The standard InChI is InChI=1S/C5H4F6.CH2O3/c6-4(7,8)2-1-3-5(9,10)11;2-1(3)4/h1-2H,3H2;(H2,2,3,4). The first-order valence-electron chi connectivity index (χ1n) is 3.17. The molecule has 0 aromatic heterocycles. The predicted molar refractivity (Wildman–Crippen MR) is 36.5 cm³/mol. The van der Waals surface area contributed by atoms with Gasteiger partial charge in [0, 0.05) is 6.08 Å². The molecule has 90 valence electrons. The first-order chi connectivity index (χ1) is 6.44. The number of allylic oxidation sites excluding steroid dienone is 2. The Morgan fingerprint density at radius 3 is 1.60 bits per heavy atom. The molecule has 0 amide bonds. The number of rotatable bonds is 1. The molecule has 0 aliphatic heterocycles. The maximum Gasteiger partial charge on any atom is 0.503 e. The van der Waals surface area contributed by atoms with E-state index in [9.17, 15) is 26.3 Å². The second-order valence-corrected chi connectivity index (χ2v) is 2.05. The highest BCUT2D eigenvalue weighted by Crippen LogP contribution is 2.22. The van der Waals surface area contributed by atoms with E-state index >= 15 is 0 Å². The van der Waals surface area contributed by atoms with Crippen molar-refractivity contribution in [3.05, 3.63) is 12.2 Å². The number of halogens is 6. The van der Waals surface area contributed by atoms with Crippen LogP contribution in [0.3, 0.4) is 0 Å². The summed E-state index contributed by atoms with van der Waals surface area (Å²) in [5.74, 6) is 0. The molecule has 0 heterocycles. The Morgan fingerprint density at radius 1 is 1.07 bits per heavy atom. The molecule has 0 aliphatic rings. The number of carboxylic acid groups (broad SMARTS) is 2. The zero-order valence-corrected chi connectivity index (χ0v) is 6.93. The first-order valence-corrected chi connectivity index (χ1v) is 3.17. The minimum atomic E-state index is -4.66. The van der Waals surface area contributed by atoms with Crippen LogP contribution >= 0.6 is 0 Å². The van der Waals surface area contributed by atoms with Crippen molar-refractivity contribution in [2.24, 2.45) is 0 Å². The Morgan fingerprint density at radius 2 is 1.40 bits per heavy atom. The molecule has 0 atom stereocenters. The summed E-state index contributed by atoms with van der Waals surface area (Å²) >= 11 is 0. The van der Waals surface area contributed by atoms with E-state index in [1.54, 1.807) is 0 Å². The van der Waals surface area contributed by atoms with Crippen LogP contribution < -0.4 is 0 Å². The quantitative estimate of drug-likeness (QED) is 0.546. The molecule has 0 rings (SSSR count). The fourth-order valence-electron chi connectivity index (χ4n) is 0.326. The Labute approximate surface area is 79.6 Å². The molecule has 2 N–H and O–H groups in total. The number of hydrogen-bond donors (Lipinski definition) is 2. The Balaban J connectivity index is 0. The van der Waals surface area contributed by atoms with Gasteiger partial charge < -0.3 is 10.2 Å². The molecular weight excluding hydrogens is 234 g/mol. The Hall–Kier alpha value is -1.41. The number of carbonyl (C=O) groups is 1. The highest BCUT2D eigenvalue weighted by molar-refractivity contribution is 5.53. The maximum atomic E-state index is 11.2. The molecule has 15 heavy (non-hydrogen) atoms. The Bertz CT molecular complexity index is 212. The van der Waals surface area contributed by atoms with E-state index in [4.69, 9.17) is 15.0 Å². The van der Waals surface area contributed by atoms with E-state index in [1.807, 2.05) is 0 Å². The van der Waals surface area contributed by atoms with Gasteiger partial charge in [-0.1, -0.05) is 6.08 Å². The second kappa shape index (κ2) is 6.14. The molecule has 0 aliphatic carbocycles. The molecule has 0 aromatic carbocycles. The van der Waals surface area contributed by atoms with Crippen molar-refractivity contribution >= 4 is 6.16 Å². The van der Waals surface area contributed by atoms with Crippen molar-refractivity contribution in [2.75, 3.05) is 0 Å². The normalized spacial score (nSPS) is 12.1. The predicted octanol–water partition coefficient (Wildman–Crippen LogP) is 3.28. The molecule has 9 heteroatoms. The fraction of sp³-hybridized carbons (Fsp3) is 0.500. The van der Waals surface area contributed by atoms with Crippen molar-refractivity contribution in [1.82, 2.24) is 0 Å². The minimum absolute atomic E-state index is 0.0417. The molecule has 0 saturated carbocycles. The van der Waals surface area contributed by atoms with Crippen molar-refractivity contribution in [2.45, 2.75) is 18.8 Å². The average molecular weight is 240 g/mol. The van der Waals surface area contributed by atoms with Crippen LogP contribution in [-0.2, 0) is 0 Å². The van der Waals surface area contributed by atoms with Crippen LogP contribution in [0, 0.1) is 0 Å². The molecule has 0 fully saturated rings. The number of hydrogen-bond acceptors (Lipinski definition) is 1. The summed E-state index contributed by atoms with van der Waals surface area (Å²) in [6.07, 6.45) is -13.0. The third-order valence-electron chi connectivity index (χ3n) is 0.656. The van der Waals surface area contributed by atoms with Gasteiger partial charge in [-0.15, -0.1) is 0 Å². The van der Waals surface area contributed by atoms with Gasteiger partial charge >= 0.3 is 18.5 Å². The van der Waals surface area contributed by atoms with Gasteiger partial charge in [0.05, 0.1) is 6.42 Å². The maximum absolute atomic E-state index is 11.2. The van der Waals surface area contributed by atoms with E-state index in [-0.39, 0.29) is 6.08 Å². The monoisotopic (exact) mass is 240 g/mol. The molecule has 3 nitrogen and oxygen atoms in total. The van der Waals surface area contributed by atoms with Gasteiger partial charge in [-0.2, -0.15) is 26.3 Å². The van der Waals surface area contributed by atoms with Gasteiger partial charge in [0.1, 0.15) is 0 Å². The largest absolute Gasteiger partial charge is 0.503 e. The van der Waals surface area contributed by atoms with E-state index in [1.165, 1.54) is 0 Å². The highest BCUT2D eigenvalue weighted by atomic mass is 19.4. The van der Waals surface area contributed by atoms with Crippen molar-refractivity contribution in [3.8, 4) is 0 Å². The molecular formula is C6H6F6O3. The van der Waals surface area contributed by atoms with Gasteiger partial charge in [0.15, 0.2) is 0 Å². The lowest BCUT2D eigenvalue weighted by Gasteiger charge is -2.01. The van der Waals surface area contributed by atoms with Gasteiger partial charge in [0.2, 0.25) is 0 Å². The Kier molecular flexibility index (Phi) is 6.57. The first kappa shape index (κ1) is 16.0. The fourth-order valence-corrected chi connectivity index (χ4v) is 0.326. The smallest absolute Gasteiger partial charge is 0.450 e. The van der Waals surface area contributed by atoms with Crippen LogP contribution in [0.1, 0.15) is 6.42 Å². The van der Waals surface area contributed by atoms with Crippen LogP contribution in [0.15, 0.2) is 12.2 Å². The lowest BCUT2D eigenvalue weighted by atomic mass is 10.3. The summed E-state index contributed by atoms with van der Waals surface area (Å²) in [5, 5.41) is 13.9. The SMILES string of the molecule is FC(F)(F)C=CCC(F)(F)F.O=C(O)O. The van der Waals surface area contributed by atoms with Gasteiger partial charge in [0.25, 0.3) is 0 Å². The van der Waals surface area contributed by atoms with E-state index in [0.717, 1.165) is 0 Å². The second-order valence-electron chi connectivity index (χ2n) is 2.05. The zero-order valence-electron chi connectivity index (χ0n) is 6.93. The van der Waals surface area contributed by atoms with Gasteiger partial charge in [-0.25, -0.2) is 4.79 Å². The lowest BCUT2D eigenvalue weighted by molar-refractivity contribution is -0.125. The van der Waals surface area contributed by atoms with Crippen molar-refractivity contribution in [1.29, 1.82) is 0 Å². The van der Waals surface area contributed by atoms with Crippen molar-refractivity contribution in [3.63, 3.8) is 0 Å². The van der Waals surface area contributed by atoms with Crippen LogP contribution in [0.25, 0.3) is 0 Å². The minimum Gasteiger partial charge on any atom is -0.450 e. The van der Waals surface area contributed by atoms with Crippen LogP contribution in [0.4, 0.5) is 31.1 Å². The van der Waals surface area contributed by atoms with Crippen LogP contribution in [-0.4, -0.2) is 28.7 Å². The van der Waals surface area contributed by atoms with E-state index < -0.39 is 31.0 Å². The van der Waals surface area contributed by atoms with Gasteiger partial charge in [-0.05, 0) is 0 Å². The summed E-state index contributed by atoms with van der Waals surface area (Å²) in [6, 6.07) is 0. The van der Waals surface area contributed by atoms with E-state index in [0.29, 0.717) is 0 Å². The van der Waals surface area contributed by atoms with Crippen LogP contribution in [0.5, 0.6) is 0 Å². The molecule has 0 aromatic rings. The lowest BCUT2D eigenvalue weighted by Crippen LogP contribution is -2.06. The molecule has 0 radical (unpaired) electrons. The van der Waals surface area contributed by atoms with E-state index in [2.05, 4.69) is 0 Å². The number of alkyl halides is 6. The molecule has 0 spiro atoms. The topological polar surface area (TPSA) is 57.5 Å². The summed E-state index contributed by atoms with van der Waals surface area (Å²) in [4.78, 5) is 8.56. The molecule has 0 bridgehead atoms. The van der Waals surface area contributed by atoms with Crippen LogP contribution in [0.2, 0.25) is 0 Å². The third kappa shape index (κ3) is 32.5. The summed E-state index contributed by atoms with van der Waals surface area (Å²) in [7, 11) is 0. The van der Waals surface area contributed by atoms with Gasteiger partial charge in [-0.3, -0.25) is 0 Å². The summed E-state index contributed by atoms with van der Waals surface area (Å²) < 4.78 is 67.2. The summed E-state index contributed by atoms with van der Waals surface area (Å²) in [5.41, 5.74) is 0. The third-order valence-corrected chi connectivity index (χ3v) is 0.656. The van der Waals surface area contributed by atoms with Crippen molar-refractivity contribution < 1.29 is 41.4 Å².